The highest BCUT2D eigenvalue weighted by atomic mass is 32.1. The van der Waals surface area contributed by atoms with Crippen LogP contribution in [0.5, 0.6) is 0 Å². The Morgan fingerprint density at radius 1 is 1.14 bits per heavy atom. The summed E-state index contributed by atoms with van der Waals surface area (Å²) in [6.45, 7) is 2.11. The van der Waals surface area contributed by atoms with Crippen molar-refractivity contribution in [2.24, 2.45) is 0 Å². The molecule has 0 fully saturated rings. The van der Waals surface area contributed by atoms with Gasteiger partial charge in [-0.1, -0.05) is 25.1 Å². The summed E-state index contributed by atoms with van der Waals surface area (Å²) in [6.07, 6.45) is 1.01. The molecule has 0 spiro atoms. The van der Waals surface area contributed by atoms with Crippen LogP contribution in [0, 0.1) is 5.82 Å². The van der Waals surface area contributed by atoms with E-state index in [1.54, 1.807) is 17.4 Å². The van der Waals surface area contributed by atoms with Crippen LogP contribution < -0.4 is 0 Å². The molecule has 2 aromatic rings. The van der Waals surface area contributed by atoms with Gasteiger partial charge < -0.3 is 0 Å². The molecule has 0 saturated heterocycles. The molecule has 0 aliphatic carbocycles. The summed E-state index contributed by atoms with van der Waals surface area (Å²) in [5.41, 5.74) is 0.706. The average Bonchev–Trinajstić information content (AvgIpc) is 2.67. The number of hydrogen-bond acceptors (Lipinski definition) is 1. The summed E-state index contributed by atoms with van der Waals surface area (Å²) in [4.78, 5) is 2.31. The van der Waals surface area contributed by atoms with Crippen molar-refractivity contribution >= 4 is 11.3 Å². The van der Waals surface area contributed by atoms with E-state index in [4.69, 9.17) is 0 Å². The molecule has 0 amide bonds. The molecule has 1 aromatic heterocycles. The van der Waals surface area contributed by atoms with Gasteiger partial charge in [-0.15, -0.1) is 11.3 Å². The van der Waals surface area contributed by atoms with Crippen molar-refractivity contribution in [1.82, 2.24) is 0 Å². The number of rotatable bonds is 2. The van der Waals surface area contributed by atoms with Gasteiger partial charge in [0.1, 0.15) is 5.82 Å². The Morgan fingerprint density at radius 2 is 1.93 bits per heavy atom. The lowest BCUT2D eigenvalue weighted by molar-refractivity contribution is 0.631. The summed E-state index contributed by atoms with van der Waals surface area (Å²) in [7, 11) is 0. The molecular formula is C12H11FS. The van der Waals surface area contributed by atoms with E-state index in [0.717, 1.165) is 11.3 Å². The Labute approximate surface area is 87.0 Å². The van der Waals surface area contributed by atoms with Crippen LogP contribution in [0.25, 0.3) is 10.4 Å². The Balaban J connectivity index is 2.44. The number of hydrogen-bond donors (Lipinski definition) is 0. The molecule has 0 saturated carbocycles. The molecule has 0 unspecified atom stereocenters. The maximum Gasteiger partial charge on any atom is 0.131 e. The third kappa shape index (κ3) is 1.70. The largest absolute Gasteiger partial charge is 0.206 e. The fourth-order valence-electron chi connectivity index (χ4n) is 1.37. The Kier molecular flexibility index (Phi) is 2.64. The molecule has 0 atom stereocenters. The van der Waals surface area contributed by atoms with Gasteiger partial charge >= 0.3 is 0 Å². The predicted molar refractivity (Wildman–Crippen MR) is 59.1 cm³/mol. The third-order valence-corrected chi connectivity index (χ3v) is 3.41. The third-order valence-electron chi connectivity index (χ3n) is 2.15. The van der Waals surface area contributed by atoms with Gasteiger partial charge in [-0.25, -0.2) is 4.39 Å². The molecule has 1 aromatic carbocycles. The van der Waals surface area contributed by atoms with Crippen LogP contribution >= 0.6 is 11.3 Å². The molecule has 2 rings (SSSR count). The fraction of sp³-hybridized carbons (Fsp3) is 0.167. The maximum atomic E-state index is 13.4. The molecular weight excluding hydrogens is 195 g/mol. The molecule has 0 N–H and O–H groups in total. The number of halogens is 1. The van der Waals surface area contributed by atoms with Crippen molar-refractivity contribution in [3.63, 3.8) is 0 Å². The summed E-state index contributed by atoms with van der Waals surface area (Å²) < 4.78 is 13.4. The number of aryl methyl sites for hydroxylation is 1. The first kappa shape index (κ1) is 9.41. The molecule has 0 bridgehead atoms. The van der Waals surface area contributed by atoms with Gasteiger partial charge in [-0.3, -0.25) is 0 Å². The first-order valence-corrected chi connectivity index (χ1v) is 5.46. The van der Waals surface area contributed by atoms with Crippen LogP contribution in [0.1, 0.15) is 11.8 Å². The second kappa shape index (κ2) is 3.93. The van der Waals surface area contributed by atoms with E-state index in [0.29, 0.717) is 5.56 Å². The van der Waals surface area contributed by atoms with Crippen LogP contribution in [0.3, 0.4) is 0 Å². The van der Waals surface area contributed by atoms with Crippen molar-refractivity contribution < 1.29 is 4.39 Å². The highest BCUT2D eigenvalue weighted by molar-refractivity contribution is 7.15. The van der Waals surface area contributed by atoms with Crippen molar-refractivity contribution in [1.29, 1.82) is 0 Å². The van der Waals surface area contributed by atoms with E-state index in [-0.39, 0.29) is 5.82 Å². The van der Waals surface area contributed by atoms with E-state index in [1.165, 1.54) is 10.9 Å². The van der Waals surface area contributed by atoms with Gasteiger partial charge in [0.15, 0.2) is 0 Å². The molecule has 1 heterocycles. The molecule has 14 heavy (non-hydrogen) atoms. The van der Waals surface area contributed by atoms with E-state index >= 15 is 0 Å². The zero-order valence-corrected chi connectivity index (χ0v) is 8.77. The zero-order chi connectivity index (χ0) is 9.97. The van der Waals surface area contributed by atoms with E-state index < -0.39 is 0 Å². The van der Waals surface area contributed by atoms with Gasteiger partial charge in [-0.05, 0) is 24.6 Å². The highest BCUT2D eigenvalue weighted by Gasteiger charge is 2.05. The first-order chi connectivity index (χ1) is 6.81. The van der Waals surface area contributed by atoms with Crippen LogP contribution in [0.4, 0.5) is 4.39 Å². The monoisotopic (exact) mass is 206 g/mol. The second-order valence-corrected chi connectivity index (χ2v) is 4.27. The lowest BCUT2D eigenvalue weighted by Gasteiger charge is -1.97. The number of benzene rings is 1. The van der Waals surface area contributed by atoms with Crippen LogP contribution in [0.2, 0.25) is 0 Å². The van der Waals surface area contributed by atoms with Gasteiger partial charge in [-0.2, -0.15) is 0 Å². The van der Waals surface area contributed by atoms with Crippen LogP contribution in [0.15, 0.2) is 36.4 Å². The first-order valence-electron chi connectivity index (χ1n) is 4.65. The van der Waals surface area contributed by atoms with Gasteiger partial charge in [0.2, 0.25) is 0 Å². The molecule has 0 nitrogen and oxygen atoms in total. The Bertz CT molecular complexity index is 431. The second-order valence-electron chi connectivity index (χ2n) is 3.10. The zero-order valence-electron chi connectivity index (χ0n) is 7.96. The van der Waals surface area contributed by atoms with Crippen molar-refractivity contribution in [3.05, 3.63) is 47.1 Å². The predicted octanol–water partition coefficient (Wildman–Crippen LogP) is 4.12. The van der Waals surface area contributed by atoms with Crippen LogP contribution in [-0.2, 0) is 6.42 Å². The quantitative estimate of drug-likeness (QED) is 0.693. The minimum Gasteiger partial charge on any atom is -0.206 e. The minimum absolute atomic E-state index is 0.142. The van der Waals surface area contributed by atoms with Gasteiger partial charge in [0, 0.05) is 15.3 Å². The topological polar surface area (TPSA) is 0 Å². The summed E-state index contributed by atoms with van der Waals surface area (Å²) in [6, 6.07) is 11.0. The molecule has 72 valence electrons. The summed E-state index contributed by atoms with van der Waals surface area (Å²) >= 11 is 1.66. The SMILES string of the molecule is CCc1ccc(-c2ccccc2F)s1. The van der Waals surface area contributed by atoms with Gasteiger partial charge in [0.05, 0.1) is 0 Å². The normalized spacial score (nSPS) is 10.4. The van der Waals surface area contributed by atoms with E-state index in [9.17, 15) is 4.39 Å². The van der Waals surface area contributed by atoms with Gasteiger partial charge in [0.25, 0.3) is 0 Å². The smallest absolute Gasteiger partial charge is 0.131 e. The Hall–Kier alpha value is -1.15. The lowest BCUT2D eigenvalue weighted by atomic mass is 10.2. The fourth-order valence-corrected chi connectivity index (χ4v) is 2.35. The molecule has 0 radical (unpaired) electrons. The maximum absolute atomic E-state index is 13.4. The van der Waals surface area contributed by atoms with E-state index in [2.05, 4.69) is 13.0 Å². The summed E-state index contributed by atoms with van der Waals surface area (Å²) in [5, 5.41) is 0. The Morgan fingerprint density at radius 3 is 2.57 bits per heavy atom. The van der Waals surface area contributed by atoms with Crippen molar-refractivity contribution in [3.8, 4) is 10.4 Å². The minimum atomic E-state index is -0.142. The van der Waals surface area contributed by atoms with E-state index in [1.807, 2.05) is 18.2 Å². The average molecular weight is 206 g/mol. The number of thiophene rings is 1. The summed E-state index contributed by atoms with van der Waals surface area (Å²) in [5.74, 6) is -0.142. The molecule has 2 heteroatoms. The highest BCUT2D eigenvalue weighted by Crippen LogP contribution is 2.29. The molecule has 0 aliphatic heterocycles. The lowest BCUT2D eigenvalue weighted by Crippen LogP contribution is -1.78. The standard InChI is InChI=1S/C12H11FS/c1-2-9-7-8-12(14-9)10-5-3-4-6-11(10)13/h3-8H,2H2,1H3. The van der Waals surface area contributed by atoms with Crippen LogP contribution in [-0.4, -0.2) is 0 Å². The van der Waals surface area contributed by atoms with Crippen molar-refractivity contribution in [2.75, 3.05) is 0 Å². The van der Waals surface area contributed by atoms with Crippen molar-refractivity contribution in [2.45, 2.75) is 13.3 Å². The molecule has 0 aliphatic rings.